The van der Waals surface area contributed by atoms with Gasteiger partial charge >= 0.3 is 0 Å². The first kappa shape index (κ1) is 30.7. The quantitative estimate of drug-likeness (QED) is 0.154. The number of amides is 1. The van der Waals surface area contributed by atoms with E-state index in [1.165, 1.54) is 5.56 Å². The van der Waals surface area contributed by atoms with Gasteiger partial charge in [0.05, 0.1) is 23.1 Å². The van der Waals surface area contributed by atoms with Gasteiger partial charge < -0.3 is 25.4 Å². The second-order valence-electron chi connectivity index (χ2n) is 13.0. The molecule has 2 unspecified atom stereocenters. The summed E-state index contributed by atoms with van der Waals surface area (Å²) in [6.07, 6.45) is 5.11. The molecule has 4 aromatic rings. The van der Waals surface area contributed by atoms with Crippen molar-refractivity contribution >= 4 is 23.1 Å². The third kappa shape index (κ3) is 6.14. The van der Waals surface area contributed by atoms with Gasteiger partial charge in [0, 0.05) is 36.2 Å². The number of aromatic nitrogens is 2. The number of anilines is 1. The summed E-state index contributed by atoms with van der Waals surface area (Å²) < 4.78 is 0. The zero-order valence-corrected chi connectivity index (χ0v) is 27.1. The summed E-state index contributed by atoms with van der Waals surface area (Å²) in [7, 11) is 2.02. The molecule has 3 heterocycles. The molecular weight excluding hydrogens is 556 g/mol. The second kappa shape index (κ2) is 12.9. The summed E-state index contributed by atoms with van der Waals surface area (Å²) in [5.74, 6) is 1.34. The first-order valence-corrected chi connectivity index (χ1v) is 16.3. The molecule has 7 heteroatoms. The Morgan fingerprint density at radius 1 is 0.956 bits per heavy atom. The van der Waals surface area contributed by atoms with Crippen LogP contribution in [0.25, 0.3) is 33.3 Å². The number of hydrogen-bond acceptors (Lipinski definition) is 5. The van der Waals surface area contributed by atoms with Gasteiger partial charge in [-0.3, -0.25) is 4.79 Å². The van der Waals surface area contributed by atoms with Crippen molar-refractivity contribution in [3.63, 3.8) is 0 Å². The summed E-state index contributed by atoms with van der Waals surface area (Å²) in [5, 5.41) is 7.14. The van der Waals surface area contributed by atoms with Crippen LogP contribution in [-0.2, 0) is 4.79 Å². The second-order valence-corrected chi connectivity index (χ2v) is 13.0. The number of carbonyl (C=O) groups is 1. The number of likely N-dealkylation sites (N-methyl/N-ethyl adjacent to an activating group) is 1. The largest absolute Gasteiger partial charge is 0.366 e. The Kier molecular flexibility index (Phi) is 8.81. The summed E-state index contributed by atoms with van der Waals surface area (Å²) >= 11 is 0. The number of likely N-dealkylation sites (tertiary alicyclic amines) is 2. The van der Waals surface area contributed by atoms with Gasteiger partial charge in [0.1, 0.15) is 5.82 Å². The van der Waals surface area contributed by atoms with Gasteiger partial charge in [-0.25, -0.2) is 4.98 Å². The third-order valence-corrected chi connectivity index (χ3v) is 9.69. The molecule has 2 aliphatic rings. The molecule has 2 fully saturated rings. The number of rotatable bonds is 11. The van der Waals surface area contributed by atoms with Crippen molar-refractivity contribution in [1.82, 2.24) is 25.1 Å². The normalized spacial score (nSPS) is 19.0. The van der Waals surface area contributed by atoms with Crippen LogP contribution in [-0.4, -0.2) is 58.4 Å². The summed E-state index contributed by atoms with van der Waals surface area (Å²) in [6, 6.07) is 22.2. The average Bonchev–Trinajstić information content (AvgIpc) is 3.81. The van der Waals surface area contributed by atoms with E-state index in [0.29, 0.717) is 5.92 Å². The maximum atomic E-state index is 11.5. The zero-order chi connectivity index (χ0) is 31.7. The van der Waals surface area contributed by atoms with Gasteiger partial charge in [0.2, 0.25) is 6.41 Å². The highest BCUT2D eigenvalue weighted by molar-refractivity contribution is 5.83. The van der Waals surface area contributed by atoms with E-state index in [1.54, 1.807) is 0 Å². The van der Waals surface area contributed by atoms with Crippen molar-refractivity contribution in [2.45, 2.75) is 64.6 Å². The van der Waals surface area contributed by atoms with E-state index in [-0.39, 0.29) is 18.1 Å². The molecule has 0 aliphatic carbocycles. The van der Waals surface area contributed by atoms with E-state index < -0.39 is 0 Å². The van der Waals surface area contributed by atoms with Gasteiger partial charge in [-0.1, -0.05) is 69.5 Å². The van der Waals surface area contributed by atoms with Crippen LogP contribution >= 0.6 is 0 Å². The van der Waals surface area contributed by atoms with E-state index in [0.717, 1.165) is 101 Å². The van der Waals surface area contributed by atoms with E-state index in [4.69, 9.17) is 4.98 Å². The molecule has 1 amide bonds. The molecule has 7 nitrogen and oxygen atoms in total. The fourth-order valence-corrected chi connectivity index (χ4v) is 7.16. The number of fused-ring (bicyclic) bond motifs is 1. The fourth-order valence-electron chi connectivity index (χ4n) is 7.16. The minimum Gasteiger partial charge on any atom is -0.366 e. The molecular formula is C38H46N6O. The van der Waals surface area contributed by atoms with Gasteiger partial charge in [-0.05, 0) is 91.6 Å². The van der Waals surface area contributed by atoms with Crippen LogP contribution in [0.5, 0.6) is 0 Å². The van der Waals surface area contributed by atoms with Crippen LogP contribution in [0, 0.1) is 12.8 Å². The molecule has 234 valence electrons. The lowest BCUT2D eigenvalue weighted by Gasteiger charge is -2.36. The number of benzene rings is 3. The monoisotopic (exact) mass is 602 g/mol. The van der Waals surface area contributed by atoms with Crippen molar-refractivity contribution in [3.05, 3.63) is 96.6 Å². The van der Waals surface area contributed by atoms with Crippen molar-refractivity contribution in [3.8, 4) is 22.3 Å². The predicted molar refractivity (Wildman–Crippen MR) is 186 cm³/mol. The molecule has 2 aliphatic heterocycles. The first-order chi connectivity index (χ1) is 21.8. The molecule has 0 radical (unpaired) electrons. The summed E-state index contributed by atoms with van der Waals surface area (Å²) in [5.41, 5.74) is 11.0. The van der Waals surface area contributed by atoms with Crippen LogP contribution < -0.4 is 10.6 Å². The molecule has 0 saturated carbocycles. The third-order valence-electron chi connectivity index (χ3n) is 9.69. The topological polar surface area (TPSA) is 76.3 Å². The lowest BCUT2D eigenvalue weighted by molar-refractivity contribution is -0.119. The van der Waals surface area contributed by atoms with Crippen molar-refractivity contribution in [2.75, 3.05) is 25.5 Å². The van der Waals surface area contributed by atoms with Crippen LogP contribution in [0.2, 0.25) is 0 Å². The molecule has 2 saturated heterocycles. The highest BCUT2D eigenvalue weighted by atomic mass is 16.1. The van der Waals surface area contributed by atoms with Crippen LogP contribution in [0.15, 0.2) is 85.2 Å². The van der Waals surface area contributed by atoms with Gasteiger partial charge in [0.15, 0.2) is 0 Å². The molecule has 3 aromatic carbocycles. The average molecular weight is 603 g/mol. The number of H-pyrrole nitrogens is 1. The number of nitrogens with zero attached hydrogens (tertiary/aromatic N) is 3. The van der Waals surface area contributed by atoms with Crippen molar-refractivity contribution in [1.29, 1.82) is 0 Å². The summed E-state index contributed by atoms with van der Waals surface area (Å²) in [6.45, 7) is 17.4. The van der Waals surface area contributed by atoms with Gasteiger partial charge in [0.25, 0.3) is 0 Å². The van der Waals surface area contributed by atoms with Crippen molar-refractivity contribution in [2.24, 2.45) is 5.92 Å². The van der Waals surface area contributed by atoms with E-state index in [1.807, 2.05) is 11.9 Å². The molecule has 0 spiro atoms. The fraction of sp³-hybridized carbons (Fsp3) is 0.368. The number of nitrogens with one attached hydrogen (secondary N) is 3. The molecule has 6 rings (SSSR count). The number of hydrogen-bond donors (Lipinski definition) is 3. The maximum Gasteiger partial charge on any atom is 0.210 e. The number of aryl methyl sites for hydroxylation is 1. The number of aromatic amines is 1. The Labute approximate surface area is 267 Å². The SMILES string of the molecule is C=C(Nc1cc(-c2ccc(-c3ccc4nc([C@@H]5CCCN5C=O)[nH]c4c3)cc2)ccc1C)C1CCCN1C(=C)C(NC)C(C)C. The summed E-state index contributed by atoms with van der Waals surface area (Å²) in [4.78, 5) is 24.0. The minimum absolute atomic E-state index is 0.0378. The Hall–Kier alpha value is -4.36. The molecule has 1 aromatic heterocycles. The standard InChI is InChI=1S/C38H46N6O/c1-24(2)37(39-6)27(5)44-20-8-9-35(44)26(4)40-33-21-30(12-11-25(33)3)28-13-15-29(16-14-28)31-17-18-32-34(22-31)42-38(41-32)36-10-7-19-43(36)23-45/h11-18,21-24,35-37,39-40H,4-5,7-10,19-20H2,1-3,6H3,(H,41,42)/t35?,36-,37?/m0/s1. The number of carbonyl (C=O) groups excluding carboxylic acids is 1. The van der Waals surface area contributed by atoms with E-state index in [2.05, 4.69) is 115 Å². The van der Waals surface area contributed by atoms with Crippen molar-refractivity contribution < 1.29 is 4.79 Å². The molecule has 3 atom stereocenters. The highest BCUT2D eigenvalue weighted by Crippen LogP contribution is 2.34. The first-order valence-electron chi connectivity index (χ1n) is 16.3. The Balaban J connectivity index is 1.17. The molecule has 45 heavy (non-hydrogen) atoms. The van der Waals surface area contributed by atoms with Gasteiger partial charge in [-0.2, -0.15) is 0 Å². The smallest absolute Gasteiger partial charge is 0.210 e. The predicted octanol–water partition coefficient (Wildman–Crippen LogP) is 7.65. The number of imidazole rings is 1. The van der Waals surface area contributed by atoms with Crippen LogP contribution in [0.4, 0.5) is 5.69 Å². The minimum atomic E-state index is 0.0378. The van der Waals surface area contributed by atoms with Crippen LogP contribution in [0.3, 0.4) is 0 Å². The van der Waals surface area contributed by atoms with E-state index >= 15 is 0 Å². The lowest BCUT2D eigenvalue weighted by Crippen LogP contribution is -2.43. The van der Waals surface area contributed by atoms with E-state index in [9.17, 15) is 4.79 Å². The zero-order valence-electron chi connectivity index (χ0n) is 27.1. The Morgan fingerprint density at radius 3 is 2.31 bits per heavy atom. The Bertz CT molecular complexity index is 1700. The maximum absolute atomic E-state index is 11.5. The lowest BCUT2D eigenvalue weighted by atomic mass is 9.98. The Morgan fingerprint density at radius 2 is 1.62 bits per heavy atom. The molecule has 3 N–H and O–H groups in total. The highest BCUT2D eigenvalue weighted by Gasteiger charge is 2.32. The van der Waals surface area contributed by atoms with Gasteiger partial charge in [-0.15, -0.1) is 0 Å². The molecule has 0 bridgehead atoms. The van der Waals surface area contributed by atoms with Crippen LogP contribution in [0.1, 0.15) is 57.0 Å².